The van der Waals surface area contributed by atoms with Crippen molar-refractivity contribution in [2.45, 2.75) is 4.90 Å². The first kappa shape index (κ1) is 12.6. The first-order valence-corrected chi connectivity index (χ1v) is 4.49. The van der Waals surface area contributed by atoms with E-state index in [1.807, 2.05) is 0 Å². The van der Waals surface area contributed by atoms with Gasteiger partial charge in [0.1, 0.15) is 4.90 Å². The summed E-state index contributed by atoms with van der Waals surface area (Å²) in [5.74, 6) is 0. The molecule has 1 aromatic rings. The zero-order valence-corrected chi connectivity index (χ0v) is 6.82. The van der Waals surface area contributed by atoms with Gasteiger partial charge in [0.15, 0.2) is 0 Å². The van der Waals surface area contributed by atoms with E-state index in [0.29, 0.717) is 0 Å². The predicted octanol–water partition coefficient (Wildman–Crippen LogP) is -0.100. The third kappa shape index (κ3) is 3.48. The van der Waals surface area contributed by atoms with Crippen molar-refractivity contribution in [2.75, 3.05) is 0 Å². The van der Waals surface area contributed by atoms with E-state index < -0.39 is 10.1 Å². The molecule has 6 heteroatoms. The maximum absolute atomic E-state index is 11.0. The van der Waals surface area contributed by atoms with Crippen LogP contribution in [0.2, 0.25) is 0 Å². The van der Waals surface area contributed by atoms with Gasteiger partial charge in [-0.1, -0.05) is 18.2 Å². The Morgan fingerprint density at radius 3 is 2.15 bits per heavy atom. The molecule has 0 aliphatic heterocycles. The molecule has 4 nitrogen and oxygen atoms in total. The summed E-state index contributed by atoms with van der Waals surface area (Å²) >= 11 is 0. The Kier molecular flexibility index (Phi) is 5.24. The molecule has 0 radical (unpaired) electrons. The van der Waals surface area contributed by atoms with E-state index >= 15 is 0 Å². The molecule has 0 aliphatic carbocycles. The Morgan fingerprint density at radius 2 is 1.69 bits per heavy atom. The SMILES string of the molecule is O=COS(=O)(=O)c1ccccc1.[NaH]. The van der Waals surface area contributed by atoms with Crippen LogP contribution in [0.5, 0.6) is 0 Å². The quantitative estimate of drug-likeness (QED) is 0.397. The van der Waals surface area contributed by atoms with Crippen LogP contribution in [-0.4, -0.2) is 44.4 Å². The number of benzene rings is 1. The fourth-order valence-electron chi connectivity index (χ4n) is 0.694. The Bertz CT molecular complexity index is 359. The second-order valence-electron chi connectivity index (χ2n) is 1.96. The van der Waals surface area contributed by atoms with Gasteiger partial charge in [-0.25, -0.2) is 0 Å². The standard InChI is InChI=1S/C7H6O4S.Na.H/c8-6-11-12(9,10)7-4-2-1-3-5-7;;/h1-6H;;. The molecule has 0 aromatic heterocycles. The van der Waals surface area contributed by atoms with Crippen LogP contribution in [0.1, 0.15) is 0 Å². The Labute approximate surface area is 98.3 Å². The van der Waals surface area contributed by atoms with Crippen LogP contribution in [0, 0.1) is 0 Å². The molecule has 0 unspecified atom stereocenters. The van der Waals surface area contributed by atoms with Gasteiger partial charge in [0.05, 0.1) is 0 Å². The van der Waals surface area contributed by atoms with Crippen molar-refractivity contribution in [3.8, 4) is 0 Å². The van der Waals surface area contributed by atoms with Crippen LogP contribution < -0.4 is 0 Å². The average Bonchev–Trinajstić information content (AvgIpc) is 2.06. The van der Waals surface area contributed by atoms with Gasteiger partial charge in [0.2, 0.25) is 0 Å². The molecule has 66 valence electrons. The summed E-state index contributed by atoms with van der Waals surface area (Å²) in [7, 11) is -3.88. The number of hydrogen-bond donors (Lipinski definition) is 0. The summed E-state index contributed by atoms with van der Waals surface area (Å²) in [6.45, 7) is -0.109. The first-order chi connectivity index (χ1) is 5.67. The molecule has 0 saturated carbocycles. The second kappa shape index (κ2) is 5.39. The van der Waals surface area contributed by atoms with Crippen molar-refractivity contribution in [3.05, 3.63) is 30.3 Å². The average molecular weight is 210 g/mol. The summed E-state index contributed by atoms with van der Waals surface area (Å²) in [6, 6.07) is 7.44. The zero-order valence-electron chi connectivity index (χ0n) is 6.01. The molecular weight excluding hydrogens is 203 g/mol. The molecule has 0 spiro atoms. The summed E-state index contributed by atoms with van der Waals surface area (Å²) < 4.78 is 25.9. The van der Waals surface area contributed by atoms with Crippen molar-refractivity contribution < 1.29 is 17.4 Å². The third-order valence-electron chi connectivity index (χ3n) is 1.20. The molecule has 1 aromatic carbocycles. The minimum absolute atomic E-state index is 0. The molecule has 0 bridgehead atoms. The van der Waals surface area contributed by atoms with Crippen LogP contribution in [-0.2, 0) is 19.1 Å². The van der Waals surface area contributed by atoms with Crippen molar-refractivity contribution in [1.29, 1.82) is 0 Å². The van der Waals surface area contributed by atoms with Gasteiger partial charge >= 0.3 is 46.1 Å². The molecule has 0 atom stereocenters. The van der Waals surface area contributed by atoms with Crippen molar-refractivity contribution >= 4 is 46.1 Å². The van der Waals surface area contributed by atoms with Crippen LogP contribution in [0.3, 0.4) is 0 Å². The molecule has 0 aliphatic rings. The zero-order chi connectivity index (χ0) is 9.03. The molecule has 0 fully saturated rings. The van der Waals surface area contributed by atoms with Crippen LogP contribution in [0.25, 0.3) is 0 Å². The summed E-state index contributed by atoms with van der Waals surface area (Å²) in [6.07, 6.45) is 0. The molecule has 0 saturated heterocycles. The molecule has 13 heavy (non-hydrogen) atoms. The monoisotopic (exact) mass is 210 g/mol. The van der Waals surface area contributed by atoms with E-state index in [4.69, 9.17) is 0 Å². The van der Waals surface area contributed by atoms with Gasteiger partial charge in [-0.15, -0.1) is 0 Å². The van der Waals surface area contributed by atoms with E-state index in [9.17, 15) is 13.2 Å². The van der Waals surface area contributed by atoms with Gasteiger partial charge < -0.3 is 4.18 Å². The molecule has 0 amide bonds. The van der Waals surface area contributed by atoms with Crippen molar-refractivity contribution in [1.82, 2.24) is 0 Å². The number of rotatable bonds is 3. The van der Waals surface area contributed by atoms with Crippen LogP contribution in [0.15, 0.2) is 35.2 Å². The normalized spacial score (nSPS) is 9.85. The van der Waals surface area contributed by atoms with Gasteiger partial charge in [-0.3, -0.25) is 4.79 Å². The van der Waals surface area contributed by atoms with E-state index in [-0.39, 0.29) is 40.9 Å². The Morgan fingerprint density at radius 1 is 1.15 bits per heavy atom. The summed E-state index contributed by atoms with van der Waals surface area (Å²) in [5.41, 5.74) is 0. The number of carbonyl (C=O) groups excluding carboxylic acids is 1. The van der Waals surface area contributed by atoms with Crippen molar-refractivity contribution in [3.63, 3.8) is 0 Å². The number of carbonyl (C=O) groups is 1. The van der Waals surface area contributed by atoms with Gasteiger partial charge in [-0.05, 0) is 12.1 Å². The molecule has 0 N–H and O–H groups in total. The van der Waals surface area contributed by atoms with Gasteiger partial charge in [-0.2, -0.15) is 8.42 Å². The fourth-order valence-corrected chi connectivity index (χ4v) is 1.40. The third-order valence-corrected chi connectivity index (χ3v) is 2.38. The predicted molar refractivity (Wildman–Crippen MR) is 47.9 cm³/mol. The van der Waals surface area contributed by atoms with E-state index in [2.05, 4.69) is 4.18 Å². The van der Waals surface area contributed by atoms with Gasteiger partial charge in [0, 0.05) is 0 Å². The van der Waals surface area contributed by atoms with Gasteiger partial charge in [0.25, 0.3) is 0 Å². The second-order valence-corrected chi connectivity index (χ2v) is 3.53. The topological polar surface area (TPSA) is 60.4 Å². The van der Waals surface area contributed by atoms with Crippen LogP contribution >= 0.6 is 0 Å². The van der Waals surface area contributed by atoms with E-state index in [0.717, 1.165) is 0 Å². The number of hydrogen-bond acceptors (Lipinski definition) is 4. The van der Waals surface area contributed by atoms with Crippen LogP contribution in [0.4, 0.5) is 0 Å². The molecule has 1 rings (SSSR count). The molecule has 0 heterocycles. The van der Waals surface area contributed by atoms with Crippen molar-refractivity contribution in [2.24, 2.45) is 0 Å². The Hall–Kier alpha value is -0.360. The van der Waals surface area contributed by atoms with E-state index in [1.54, 1.807) is 18.2 Å². The van der Waals surface area contributed by atoms with E-state index in [1.165, 1.54) is 12.1 Å². The molecular formula is C7H7NaO4S. The first-order valence-electron chi connectivity index (χ1n) is 3.09. The fraction of sp³-hybridized carbons (Fsp3) is 0. The summed E-state index contributed by atoms with van der Waals surface area (Å²) in [5, 5.41) is 0. The minimum atomic E-state index is -3.88. The Balaban J connectivity index is 0.00000144. The summed E-state index contributed by atoms with van der Waals surface area (Å²) in [4.78, 5) is 9.76. The maximum atomic E-state index is 11.0.